The van der Waals surface area contributed by atoms with E-state index in [2.05, 4.69) is 45.7 Å². The van der Waals surface area contributed by atoms with Gasteiger partial charge in [0.05, 0.1) is 23.6 Å². The fraction of sp³-hybridized carbons (Fsp3) is 0.231. The topological polar surface area (TPSA) is 56.1 Å². The van der Waals surface area contributed by atoms with Crippen LogP contribution in [-0.2, 0) is 6.54 Å². The predicted molar refractivity (Wildman–Crippen MR) is 131 cm³/mol. The van der Waals surface area contributed by atoms with Crippen LogP contribution in [0.5, 0.6) is 5.75 Å². The summed E-state index contributed by atoms with van der Waals surface area (Å²) in [7, 11) is 0. The average molecular weight is 492 g/mol. The zero-order chi connectivity index (χ0) is 22.7. The van der Waals surface area contributed by atoms with E-state index in [9.17, 15) is 4.79 Å². The van der Waals surface area contributed by atoms with Crippen molar-refractivity contribution in [2.75, 3.05) is 6.61 Å². The third-order valence-electron chi connectivity index (χ3n) is 5.28. The van der Waals surface area contributed by atoms with Gasteiger partial charge in [-0.2, -0.15) is 0 Å². The summed E-state index contributed by atoms with van der Waals surface area (Å²) in [6, 6.07) is 21.3. The minimum Gasteiger partial charge on any atom is -0.492 e. The number of nitrogens with zero attached hydrogens (tertiary/aromatic N) is 2. The first kappa shape index (κ1) is 22.1. The van der Waals surface area contributed by atoms with Gasteiger partial charge >= 0.3 is 0 Å². The van der Waals surface area contributed by atoms with E-state index in [0.717, 1.165) is 27.1 Å². The number of amides is 1. The first-order valence-electron chi connectivity index (χ1n) is 10.6. The Morgan fingerprint density at radius 1 is 1.06 bits per heavy atom. The molecule has 4 rings (SSSR count). The molecule has 4 aromatic rings. The molecule has 1 aromatic heterocycles. The second-order valence-corrected chi connectivity index (χ2v) is 8.90. The molecule has 1 atom stereocenters. The van der Waals surface area contributed by atoms with E-state index in [-0.39, 0.29) is 11.9 Å². The Morgan fingerprint density at radius 2 is 1.81 bits per heavy atom. The van der Waals surface area contributed by atoms with Crippen LogP contribution in [-0.4, -0.2) is 22.1 Å². The summed E-state index contributed by atoms with van der Waals surface area (Å²) in [5, 5.41) is 3.08. The summed E-state index contributed by atoms with van der Waals surface area (Å²) in [6.07, 6.45) is 0. The number of carbonyl (C=O) groups is 1. The van der Waals surface area contributed by atoms with Gasteiger partial charge < -0.3 is 14.6 Å². The Kier molecular flexibility index (Phi) is 6.61. The summed E-state index contributed by atoms with van der Waals surface area (Å²) in [6.45, 7) is 7.22. The lowest BCUT2D eigenvalue weighted by Gasteiger charge is -2.17. The first-order chi connectivity index (χ1) is 15.4. The van der Waals surface area contributed by atoms with Crippen LogP contribution in [0, 0.1) is 13.8 Å². The van der Waals surface area contributed by atoms with E-state index in [1.807, 2.05) is 61.5 Å². The molecule has 0 radical (unpaired) electrons. The summed E-state index contributed by atoms with van der Waals surface area (Å²) in [4.78, 5) is 17.6. The highest BCUT2D eigenvalue weighted by Crippen LogP contribution is 2.22. The average Bonchev–Trinajstić information content (AvgIpc) is 3.12. The third-order valence-corrected chi connectivity index (χ3v) is 5.78. The lowest BCUT2D eigenvalue weighted by atomic mass is 10.1. The fourth-order valence-electron chi connectivity index (χ4n) is 3.90. The lowest BCUT2D eigenvalue weighted by molar-refractivity contribution is 0.0937. The summed E-state index contributed by atoms with van der Waals surface area (Å²) >= 11 is 3.42. The number of para-hydroxylation sites is 2. The summed E-state index contributed by atoms with van der Waals surface area (Å²) in [5.41, 5.74) is 4.88. The molecule has 6 heteroatoms. The number of fused-ring (bicyclic) bond motifs is 1. The molecule has 0 aliphatic rings. The maximum Gasteiger partial charge on any atom is 0.251 e. The number of ether oxygens (including phenoxy) is 1. The highest BCUT2D eigenvalue weighted by atomic mass is 79.9. The molecule has 1 heterocycles. The van der Waals surface area contributed by atoms with Gasteiger partial charge in [0.2, 0.25) is 0 Å². The fourth-order valence-corrected chi connectivity index (χ4v) is 4.30. The Morgan fingerprint density at radius 3 is 2.56 bits per heavy atom. The van der Waals surface area contributed by atoms with E-state index >= 15 is 0 Å². The van der Waals surface area contributed by atoms with Gasteiger partial charge in [0.25, 0.3) is 5.91 Å². The number of imidazole rings is 1. The molecule has 5 nitrogen and oxygen atoms in total. The number of halogens is 1. The number of hydrogen-bond donors (Lipinski definition) is 1. The minimum atomic E-state index is -0.268. The molecule has 1 N–H and O–H groups in total. The van der Waals surface area contributed by atoms with E-state index in [4.69, 9.17) is 9.72 Å². The summed E-state index contributed by atoms with van der Waals surface area (Å²) < 4.78 is 9.04. The smallest absolute Gasteiger partial charge is 0.251 e. The van der Waals surface area contributed by atoms with Gasteiger partial charge in [-0.05, 0) is 74.4 Å². The molecule has 0 spiro atoms. The van der Waals surface area contributed by atoms with Crippen molar-refractivity contribution in [3.05, 3.63) is 93.7 Å². The van der Waals surface area contributed by atoms with Gasteiger partial charge in [-0.15, -0.1) is 0 Å². The van der Waals surface area contributed by atoms with Crippen molar-refractivity contribution >= 4 is 32.9 Å². The van der Waals surface area contributed by atoms with Crippen molar-refractivity contribution in [1.29, 1.82) is 0 Å². The van der Waals surface area contributed by atoms with Gasteiger partial charge in [-0.25, -0.2) is 4.98 Å². The van der Waals surface area contributed by atoms with Crippen LogP contribution in [0.3, 0.4) is 0 Å². The van der Waals surface area contributed by atoms with Gasteiger partial charge in [0.1, 0.15) is 18.2 Å². The molecule has 0 saturated heterocycles. The molecule has 1 unspecified atom stereocenters. The SMILES string of the molecule is Cc1cc(C)cc(OCCn2c(C(C)NC(=O)c3cccc(Br)c3)nc3ccccc32)c1. The van der Waals surface area contributed by atoms with E-state index in [1.165, 1.54) is 11.1 Å². The zero-order valence-electron chi connectivity index (χ0n) is 18.4. The molecular formula is C26H26BrN3O2. The van der Waals surface area contributed by atoms with Gasteiger partial charge in [-0.1, -0.05) is 40.2 Å². The van der Waals surface area contributed by atoms with Crippen LogP contribution < -0.4 is 10.1 Å². The number of benzene rings is 3. The van der Waals surface area contributed by atoms with E-state index in [0.29, 0.717) is 18.7 Å². The van der Waals surface area contributed by atoms with Crippen molar-refractivity contribution in [2.45, 2.75) is 33.4 Å². The second kappa shape index (κ2) is 9.57. The number of aryl methyl sites for hydroxylation is 2. The molecule has 164 valence electrons. The third kappa shape index (κ3) is 5.02. The summed E-state index contributed by atoms with van der Waals surface area (Å²) in [5.74, 6) is 1.53. The van der Waals surface area contributed by atoms with Crippen LogP contribution in [0.15, 0.2) is 71.2 Å². The minimum absolute atomic E-state index is 0.135. The largest absolute Gasteiger partial charge is 0.492 e. The Hall–Kier alpha value is -3.12. The molecule has 0 bridgehead atoms. The quantitative estimate of drug-likeness (QED) is 0.345. The van der Waals surface area contributed by atoms with Crippen LogP contribution in [0.4, 0.5) is 0 Å². The van der Waals surface area contributed by atoms with Crippen LogP contribution >= 0.6 is 15.9 Å². The van der Waals surface area contributed by atoms with Crippen molar-refractivity contribution in [3.63, 3.8) is 0 Å². The standard InChI is InChI=1S/C26H26BrN3O2/c1-17-13-18(2)15-22(14-17)32-12-11-30-24-10-5-4-9-23(24)29-25(30)19(3)28-26(31)20-7-6-8-21(27)16-20/h4-10,13-16,19H,11-12H2,1-3H3,(H,28,31). The number of carbonyl (C=O) groups excluding carboxylic acids is 1. The normalized spacial score (nSPS) is 12.0. The van der Waals surface area contributed by atoms with E-state index in [1.54, 1.807) is 6.07 Å². The van der Waals surface area contributed by atoms with Crippen molar-refractivity contribution < 1.29 is 9.53 Å². The number of rotatable bonds is 7. The number of aromatic nitrogens is 2. The highest BCUT2D eigenvalue weighted by Gasteiger charge is 2.19. The van der Waals surface area contributed by atoms with Crippen LogP contribution in [0.2, 0.25) is 0 Å². The number of hydrogen-bond acceptors (Lipinski definition) is 3. The molecule has 32 heavy (non-hydrogen) atoms. The lowest BCUT2D eigenvalue weighted by Crippen LogP contribution is -2.29. The zero-order valence-corrected chi connectivity index (χ0v) is 20.0. The molecule has 0 fully saturated rings. The monoisotopic (exact) mass is 491 g/mol. The van der Waals surface area contributed by atoms with E-state index < -0.39 is 0 Å². The van der Waals surface area contributed by atoms with Gasteiger partial charge in [-0.3, -0.25) is 4.79 Å². The number of nitrogens with one attached hydrogen (secondary N) is 1. The Labute approximate surface area is 196 Å². The molecule has 3 aromatic carbocycles. The molecule has 0 aliphatic carbocycles. The maximum atomic E-state index is 12.8. The molecule has 0 aliphatic heterocycles. The Bertz CT molecular complexity index is 1240. The maximum absolute atomic E-state index is 12.8. The van der Waals surface area contributed by atoms with Crippen LogP contribution in [0.25, 0.3) is 11.0 Å². The Balaban J connectivity index is 1.54. The van der Waals surface area contributed by atoms with Gasteiger partial charge in [0.15, 0.2) is 0 Å². The van der Waals surface area contributed by atoms with Crippen LogP contribution in [0.1, 0.15) is 40.3 Å². The van der Waals surface area contributed by atoms with Crippen molar-refractivity contribution in [2.24, 2.45) is 0 Å². The molecule has 1 amide bonds. The second-order valence-electron chi connectivity index (χ2n) is 7.99. The first-order valence-corrected chi connectivity index (χ1v) is 11.4. The predicted octanol–water partition coefficient (Wildman–Crippen LogP) is 5.99. The van der Waals surface area contributed by atoms with Crippen molar-refractivity contribution in [3.8, 4) is 5.75 Å². The highest BCUT2D eigenvalue weighted by molar-refractivity contribution is 9.10. The van der Waals surface area contributed by atoms with Gasteiger partial charge in [0, 0.05) is 10.0 Å². The van der Waals surface area contributed by atoms with Crippen molar-refractivity contribution in [1.82, 2.24) is 14.9 Å². The molecular weight excluding hydrogens is 466 g/mol. The molecule has 0 saturated carbocycles.